The smallest absolute Gasteiger partial charge is 0.266 e. The summed E-state index contributed by atoms with van der Waals surface area (Å²) in [5.41, 5.74) is 9.59. The van der Waals surface area contributed by atoms with Gasteiger partial charge in [0.1, 0.15) is 5.75 Å². The van der Waals surface area contributed by atoms with Crippen LogP contribution in [0.15, 0.2) is 114 Å². The van der Waals surface area contributed by atoms with E-state index >= 15 is 0 Å². The summed E-state index contributed by atoms with van der Waals surface area (Å²) in [6.07, 6.45) is 2.20. The maximum absolute atomic E-state index is 14.2. The van der Waals surface area contributed by atoms with Crippen LogP contribution in [0, 0.1) is 0 Å². The molecule has 3 N–H and O–H groups in total. The fourth-order valence-electron chi connectivity index (χ4n) is 5.19. The summed E-state index contributed by atoms with van der Waals surface area (Å²) in [6, 6.07) is 35.8. The number of amides is 1. The first-order valence-electron chi connectivity index (χ1n) is 15.0. The Bertz CT molecular complexity index is 1470. The first-order chi connectivity index (χ1) is 21.1. The van der Waals surface area contributed by atoms with Crippen molar-refractivity contribution in [2.75, 3.05) is 19.8 Å². The largest absolute Gasteiger partial charge is 0.494 e. The first kappa shape index (κ1) is 30.0. The monoisotopic (exact) mass is 577 g/mol. The van der Waals surface area contributed by atoms with Gasteiger partial charge in [-0.15, -0.1) is 0 Å². The molecule has 0 aliphatic carbocycles. The molecular weight excluding hydrogens is 538 g/mol. The summed E-state index contributed by atoms with van der Waals surface area (Å²) < 4.78 is 12.4. The van der Waals surface area contributed by atoms with E-state index in [-0.39, 0.29) is 12.5 Å². The normalized spacial score (nSPS) is 17.6. The number of aliphatic hydroxyl groups is 1. The van der Waals surface area contributed by atoms with Gasteiger partial charge in [-0.3, -0.25) is 10.2 Å². The highest BCUT2D eigenvalue weighted by Gasteiger charge is 2.53. The second kappa shape index (κ2) is 14.6. The van der Waals surface area contributed by atoms with Crippen molar-refractivity contribution in [3.05, 3.63) is 126 Å². The number of rotatable bonds is 14. The summed E-state index contributed by atoms with van der Waals surface area (Å²) in [7, 11) is 0. The molecule has 0 saturated carbocycles. The Morgan fingerprint density at radius 2 is 1.51 bits per heavy atom. The van der Waals surface area contributed by atoms with Gasteiger partial charge in [-0.05, 0) is 52.9 Å². The summed E-state index contributed by atoms with van der Waals surface area (Å²) >= 11 is 0. The van der Waals surface area contributed by atoms with Gasteiger partial charge >= 0.3 is 0 Å². The van der Waals surface area contributed by atoms with Gasteiger partial charge in [0.05, 0.1) is 6.61 Å². The van der Waals surface area contributed by atoms with E-state index in [1.807, 2.05) is 84.9 Å². The van der Waals surface area contributed by atoms with E-state index in [1.165, 1.54) is 0 Å². The van der Waals surface area contributed by atoms with Crippen LogP contribution in [-0.2, 0) is 16.0 Å². The molecule has 1 heterocycles. The number of unbranched alkanes of at least 4 members (excludes halogenated alkanes) is 1. The Kier molecular flexibility index (Phi) is 10.2. The van der Waals surface area contributed by atoms with Crippen LogP contribution in [0.3, 0.4) is 0 Å². The zero-order valence-electron chi connectivity index (χ0n) is 24.5. The Morgan fingerprint density at radius 1 is 0.860 bits per heavy atom. The van der Waals surface area contributed by atoms with Gasteiger partial charge in [0.2, 0.25) is 5.90 Å². The lowest BCUT2D eigenvalue weighted by molar-refractivity contribution is -0.130. The predicted octanol–water partition coefficient (Wildman–Crippen LogP) is 6.04. The lowest BCUT2D eigenvalue weighted by atomic mass is 9.82. The van der Waals surface area contributed by atoms with E-state index in [9.17, 15) is 4.79 Å². The number of aliphatic hydroxyl groups excluding tert-OH is 1. The average molecular weight is 578 g/mol. The highest BCUT2D eigenvalue weighted by Crippen LogP contribution is 2.43. The van der Waals surface area contributed by atoms with E-state index in [4.69, 9.17) is 19.6 Å². The lowest BCUT2D eigenvalue weighted by Gasteiger charge is -2.31. The molecule has 0 spiro atoms. The van der Waals surface area contributed by atoms with Gasteiger partial charge < -0.3 is 14.6 Å². The first-order valence-corrected chi connectivity index (χ1v) is 15.0. The van der Waals surface area contributed by atoms with Gasteiger partial charge in [0.15, 0.2) is 11.6 Å². The van der Waals surface area contributed by atoms with Gasteiger partial charge in [0.25, 0.3) is 5.91 Å². The topological polar surface area (TPSA) is 92.2 Å². The highest BCUT2D eigenvalue weighted by atomic mass is 16.5. The average Bonchev–Trinajstić information content (AvgIpc) is 3.45. The number of hydrogen-bond donors (Lipinski definition) is 3. The van der Waals surface area contributed by atoms with Crippen molar-refractivity contribution in [2.24, 2.45) is 4.99 Å². The number of nitrogens with one attached hydrogen (secondary N) is 2. The molecule has 4 aromatic carbocycles. The van der Waals surface area contributed by atoms with Crippen molar-refractivity contribution in [2.45, 2.75) is 44.2 Å². The molecule has 222 valence electrons. The van der Waals surface area contributed by atoms with Crippen LogP contribution in [-0.4, -0.2) is 42.2 Å². The van der Waals surface area contributed by atoms with E-state index in [0.29, 0.717) is 37.6 Å². The molecule has 0 saturated heterocycles. The minimum atomic E-state index is -1.26. The number of hydrazine groups is 1. The Balaban J connectivity index is 1.53. The molecule has 2 atom stereocenters. The summed E-state index contributed by atoms with van der Waals surface area (Å²) in [4.78, 5) is 19.3. The minimum absolute atomic E-state index is 0.0787. The molecule has 0 aromatic heterocycles. The predicted molar refractivity (Wildman–Crippen MR) is 170 cm³/mol. The molecule has 0 unspecified atom stereocenters. The molecular formula is C36H39N3O4. The van der Waals surface area contributed by atoms with Crippen molar-refractivity contribution in [1.29, 1.82) is 0 Å². The van der Waals surface area contributed by atoms with Crippen LogP contribution in [0.4, 0.5) is 0 Å². The Hall–Kier alpha value is -4.46. The van der Waals surface area contributed by atoms with Gasteiger partial charge in [0, 0.05) is 31.6 Å². The van der Waals surface area contributed by atoms with Gasteiger partial charge in [-0.2, -0.15) is 0 Å². The van der Waals surface area contributed by atoms with E-state index in [1.54, 1.807) is 0 Å². The van der Waals surface area contributed by atoms with Crippen molar-refractivity contribution in [3.63, 3.8) is 0 Å². The number of carbonyl (C=O) groups is 1. The molecule has 1 aliphatic rings. The second-order valence-corrected chi connectivity index (χ2v) is 10.7. The third kappa shape index (κ3) is 7.31. The number of hydrogen-bond acceptors (Lipinski definition) is 6. The number of nitrogens with zero attached hydrogens (tertiary/aromatic N) is 1. The fourth-order valence-corrected chi connectivity index (χ4v) is 5.19. The number of carbonyl (C=O) groups excluding carboxylic acids is 1. The third-order valence-corrected chi connectivity index (χ3v) is 7.52. The number of aliphatic imine (C=N–C) groups is 1. The molecule has 5 rings (SSSR count). The Morgan fingerprint density at radius 3 is 2.19 bits per heavy atom. The van der Waals surface area contributed by atoms with E-state index in [2.05, 4.69) is 42.0 Å². The van der Waals surface area contributed by atoms with Crippen molar-refractivity contribution < 1.29 is 19.4 Å². The Labute approximate surface area is 253 Å². The molecule has 1 aliphatic heterocycles. The van der Waals surface area contributed by atoms with Gasteiger partial charge in [-0.1, -0.05) is 98.3 Å². The van der Waals surface area contributed by atoms with Crippen LogP contribution in [0.25, 0.3) is 11.1 Å². The van der Waals surface area contributed by atoms with Crippen LogP contribution >= 0.6 is 0 Å². The molecule has 0 bridgehead atoms. The quantitative estimate of drug-likeness (QED) is 0.126. The SMILES string of the molecule is CCCCNNC(=O)[C@@]1(Cc2ccccc2)N=C(c2ccc(OCCCO)cc2)O[C@H]1c1ccc(-c2ccccc2)cc1. The van der Waals surface area contributed by atoms with Crippen molar-refractivity contribution in [3.8, 4) is 16.9 Å². The highest BCUT2D eigenvalue weighted by molar-refractivity contribution is 6.01. The van der Waals surface area contributed by atoms with Crippen molar-refractivity contribution >= 4 is 11.8 Å². The van der Waals surface area contributed by atoms with Crippen LogP contribution in [0.2, 0.25) is 0 Å². The molecule has 1 amide bonds. The summed E-state index contributed by atoms with van der Waals surface area (Å²) in [5.74, 6) is 0.847. The summed E-state index contributed by atoms with van der Waals surface area (Å²) in [6.45, 7) is 3.28. The lowest BCUT2D eigenvalue weighted by Crippen LogP contribution is -2.54. The molecule has 7 heteroatoms. The van der Waals surface area contributed by atoms with E-state index in [0.717, 1.165) is 40.7 Å². The molecule has 0 radical (unpaired) electrons. The number of ether oxygens (including phenoxy) is 2. The van der Waals surface area contributed by atoms with Gasteiger partial charge in [-0.25, -0.2) is 10.4 Å². The summed E-state index contributed by atoms with van der Waals surface area (Å²) in [5, 5.41) is 9.05. The molecule has 0 fully saturated rings. The molecule has 43 heavy (non-hydrogen) atoms. The standard InChI is InChI=1S/C36H39N3O4/c1-2-3-23-37-39-35(41)36(26-27-11-6-4-7-12-27)33(30-17-15-29(16-18-30)28-13-8-5-9-14-28)43-34(38-36)31-19-21-32(22-20-31)42-25-10-24-40/h4-9,11-22,33,37,40H,2-3,10,23-26H2,1H3,(H,39,41)/t33-,36-/m0/s1. The zero-order chi connectivity index (χ0) is 29.9. The van der Waals surface area contributed by atoms with Crippen molar-refractivity contribution in [1.82, 2.24) is 10.9 Å². The van der Waals surface area contributed by atoms with Crippen LogP contribution in [0.1, 0.15) is 49.0 Å². The van der Waals surface area contributed by atoms with Crippen LogP contribution in [0.5, 0.6) is 5.75 Å². The fraction of sp³-hybridized carbons (Fsp3) is 0.278. The van der Waals surface area contributed by atoms with E-state index < -0.39 is 11.6 Å². The molecule has 7 nitrogen and oxygen atoms in total. The third-order valence-electron chi connectivity index (χ3n) is 7.52. The zero-order valence-corrected chi connectivity index (χ0v) is 24.5. The number of benzene rings is 4. The minimum Gasteiger partial charge on any atom is -0.494 e. The second-order valence-electron chi connectivity index (χ2n) is 10.7. The van der Waals surface area contributed by atoms with Crippen LogP contribution < -0.4 is 15.6 Å². The molecule has 4 aromatic rings. The maximum atomic E-state index is 14.2. The maximum Gasteiger partial charge on any atom is 0.266 e.